The Morgan fingerprint density at radius 3 is 1.64 bits per heavy atom. The highest BCUT2D eigenvalue weighted by Crippen LogP contribution is 2.26. The molecule has 0 heteroatoms. The number of hydrogen-bond donors (Lipinski definition) is 0. The van der Waals surface area contributed by atoms with E-state index in [1.165, 1.54) is 0 Å². The second-order valence-corrected chi connectivity index (χ2v) is 4.78. The summed E-state index contributed by atoms with van der Waals surface area (Å²) in [6, 6.07) is 0. The normalized spacial score (nSPS) is 16.3. The van der Waals surface area contributed by atoms with Gasteiger partial charge in [0.05, 0.1) is 0 Å². The largest absolute Gasteiger partial charge is 0.0857 e. The maximum atomic E-state index is 2.32. The van der Waals surface area contributed by atoms with Crippen molar-refractivity contribution in [1.82, 2.24) is 0 Å². The van der Waals surface area contributed by atoms with E-state index in [1.807, 2.05) is 0 Å². The van der Waals surface area contributed by atoms with E-state index in [1.54, 1.807) is 0 Å². The third kappa shape index (κ3) is 5.06. The van der Waals surface area contributed by atoms with Crippen LogP contribution in [0.5, 0.6) is 0 Å². The minimum Gasteiger partial charge on any atom is -0.0857 e. The molecule has 0 aliphatic rings. The van der Waals surface area contributed by atoms with E-state index in [-0.39, 0.29) is 0 Å². The lowest BCUT2D eigenvalue weighted by atomic mass is 9.81. The van der Waals surface area contributed by atoms with Crippen molar-refractivity contribution < 1.29 is 0 Å². The molecule has 0 N–H and O–H groups in total. The fraction of sp³-hybridized carbons (Fsp3) is 0.818. The van der Waals surface area contributed by atoms with Gasteiger partial charge >= 0.3 is 0 Å². The molecule has 0 aromatic carbocycles. The van der Waals surface area contributed by atoms with Gasteiger partial charge in [0.1, 0.15) is 0 Å². The van der Waals surface area contributed by atoms with Crippen molar-refractivity contribution in [2.24, 2.45) is 17.3 Å². The predicted octanol–water partition coefficient (Wildman–Crippen LogP) is 3.88. The van der Waals surface area contributed by atoms with E-state index in [2.05, 4.69) is 53.7 Å². The Kier molecular flexibility index (Phi) is 3.85. The first-order chi connectivity index (χ1) is 4.84. The smallest absolute Gasteiger partial charge is 0.0213 e. The average molecular weight is 154 g/mol. The molecule has 0 aromatic heterocycles. The minimum absolute atomic E-state index is 0.408. The summed E-state index contributed by atoms with van der Waals surface area (Å²) in [5.41, 5.74) is 0.408. The average Bonchev–Trinajstić information content (AvgIpc) is 1.80. The predicted molar refractivity (Wildman–Crippen MR) is 52.6 cm³/mol. The Hall–Kier alpha value is -0.260. The summed E-state index contributed by atoms with van der Waals surface area (Å²) in [7, 11) is 0. The summed E-state index contributed by atoms with van der Waals surface area (Å²) in [5.74, 6) is 1.35. The number of rotatable bonds is 2. The molecule has 66 valence electrons. The molecule has 0 amide bonds. The van der Waals surface area contributed by atoms with Crippen molar-refractivity contribution in [3.05, 3.63) is 12.2 Å². The van der Waals surface area contributed by atoms with Gasteiger partial charge in [0.2, 0.25) is 0 Å². The van der Waals surface area contributed by atoms with E-state index in [9.17, 15) is 0 Å². The van der Waals surface area contributed by atoms with E-state index < -0.39 is 0 Å². The van der Waals surface area contributed by atoms with E-state index in [4.69, 9.17) is 0 Å². The lowest BCUT2D eigenvalue weighted by Crippen LogP contribution is -2.14. The fourth-order valence-corrected chi connectivity index (χ4v) is 0.678. The first-order valence-corrected chi connectivity index (χ1v) is 4.52. The maximum absolute atomic E-state index is 2.32. The zero-order valence-electron chi connectivity index (χ0n) is 8.81. The molecule has 0 aromatic rings. The summed E-state index contributed by atoms with van der Waals surface area (Å²) < 4.78 is 0. The van der Waals surface area contributed by atoms with Crippen LogP contribution in [0.1, 0.15) is 41.5 Å². The van der Waals surface area contributed by atoms with Crippen molar-refractivity contribution in [2.75, 3.05) is 0 Å². The van der Waals surface area contributed by atoms with Gasteiger partial charge in [-0.25, -0.2) is 0 Å². The molecule has 1 atom stereocenters. The Balaban J connectivity index is 3.97. The first-order valence-electron chi connectivity index (χ1n) is 4.52. The fourth-order valence-electron chi connectivity index (χ4n) is 0.678. The molecule has 0 aliphatic heterocycles. The Bertz CT molecular complexity index is 123. The van der Waals surface area contributed by atoms with Gasteiger partial charge in [0.15, 0.2) is 0 Å². The van der Waals surface area contributed by atoms with Gasteiger partial charge < -0.3 is 0 Å². The van der Waals surface area contributed by atoms with E-state index in [0.29, 0.717) is 17.3 Å². The third-order valence-corrected chi connectivity index (χ3v) is 2.15. The van der Waals surface area contributed by atoms with Crippen LogP contribution in [-0.4, -0.2) is 0 Å². The molecule has 0 aliphatic carbocycles. The van der Waals surface area contributed by atoms with Crippen LogP contribution in [0.15, 0.2) is 12.2 Å². The van der Waals surface area contributed by atoms with Crippen molar-refractivity contribution in [2.45, 2.75) is 41.5 Å². The summed E-state index contributed by atoms with van der Waals surface area (Å²) in [6.07, 6.45) is 4.61. The highest BCUT2D eigenvalue weighted by molar-refractivity contribution is 4.93. The number of hydrogen-bond acceptors (Lipinski definition) is 0. The van der Waals surface area contributed by atoms with Gasteiger partial charge in [0, 0.05) is 0 Å². The van der Waals surface area contributed by atoms with E-state index in [0.717, 1.165) is 0 Å². The van der Waals surface area contributed by atoms with Gasteiger partial charge in [-0.1, -0.05) is 53.7 Å². The van der Waals surface area contributed by atoms with Crippen molar-refractivity contribution >= 4 is 0 Å². The van der Waals surface area contributed by atoms with Crippen LogP contribution in [0.3, 0.4) is 0 Å². The maximum Gasteiger partial charge on any atom is -0.0213 e. The molecule has 1 unspecified atom stereocenters. The van der Waals surface area contributed by atoms with Crippen molar-refractivity contribution in [1.29, 1.82) is 0 Å². The zero-order chi connectivity index (χ0) is 9.07. The van der Waals surface area contributed by atoms with Gasteiger partial charge in [-0.3, -0.25) is 0 Å². The van der Waals surface area contributed by atoms with E-state index >= 15 is 0 Å². The summed E-state index contributed by atoms with van der Waals surface area (Å²) in [5, 5.41) is 0. The van der Waals surface area contributed by atoms with Gasteiger partial charge in [-0.05, 0) is 17.3 Å². The Morgan fingerprint density at radius 2 is 1.36 bits per heavy atom. The Labute approximate surface area is 71.7 Å². The monoisotopic (exact) mass is 154 g/mol. The van der Waals surface area contributed by atoms with Gasteiger partial charge in [0.25, 0.3) is 0 Å². The van der Waals surface area contributed by atoms with Crippen LogP contribution in [-0.2, 0) is 0 Å². The lowest BCUT2D eigenvalue weighted by Gasteiger charge is -2.24. The zero-order valence-corrected chi connectivity index (χ0v) is 8.81. The molecular formula is C11H22. The van der Waals surface area contributed by atoms with Crippen molar-refractivity contribution in [3.8, 4) is 0 Å². The molecule has 0 nitrogen and oxygen atoms in total. The second-order valence-electron chi connectivity index (χ2n) is 4.78. The molecular weight excluding hydrogens is 132 g/mol. The van der Waals surface area contributed by atoms with Gasteiger partial charge in [-0.15, -0.1) is 0 Å². The van der Waals surface area contributed by atoms with Crippen molar-refractivity contribution in [3.63, 3.8) is 0 Å². The number of allylic oxidation sites excluding steroid dienone is 2. The van der Waals surface area contributed by atoms with Crippen LogP contribution < -0.4 is 0 Å². The molecule has 0 rings (SSSR count). The standard InChI is InChI=1S/C11H22/c1-9(2)7-8-10(3)11(4,5)6/h7-10H,1-6H3/b8-7-. The highest BCUT2D eigenvalue weighted by Gasteiger charge is 2.16. The highest BCUT2D eigenvalue weighted by atomic mass is 14.2. The molecule has 0 spiro atoms. The summed E-state index contributed by atoms with van der Waals surface area (Å²) in [6.45, 7) is 13.5. The summed E-state index contributed by atoms with van der Waals surface area (Å²) >= 11 is 0. The first kappa shape index (κ1) is 10.7. The molecule has 0 radical (unpaired) electrons. The topological polar surface area (TPSA) is 0 Å². The molecule has 0 fully saturated rings. The molecule has 0 saturated carbocycles. The van der Waals surface area contributed by atoms with Crippen LogP contribution in [0.2, 0.25) is 0 Å². The second kappa shape index (κ2) is 3.94. The minimum atomic E-state index is 0.408. The van der Waals surface area contributed by atoms with Crippen LogP contribution >= 0.6 is 0 Å². The summed E-state index contributed by atoms with van der Waals surface area (Å²) in [4.78, 5) is 0. The third-order valence-electron chi connectivity index (χ3n) is 2.15. The SMILES string of the molecule is CC(C)/C=C\C(C)C(C)(C)C. The molecule has 11 heavy (non-hydrogen) atoms. The van der Waals surface area contributed by atoms with Crippen LogP contribution in [0.4, 0.5) is 0 Å². The molecule has 0 heterocycles. The Morgan fingerprint density at radius 1 is 0.909 bits per heavy atom. The van der Waals surface area contributed by atoms with Crippen LogP contribution in [0, 0.1) is 17.3 Å². The molecule has 0 saturated heterocycles. The molecule has 0 bridgehead atoms. The van der Waals surface area contributed by atoms with Gasteiger partial charge in [-0.2, -0.15) is 0 Å². The van der Waals surface area contributed by atoms with Crippen LogP contribution in [0.25, 0.3) is 0 Å². The quantitative estimate of drug-likeness (QED) is 0.529. The lowest BCUT2D eigenvalue weighted by molar-refractivity contribution is 0.313.